The minimum absolute atomic E-state index is 0.179. The van der Waals surface area contributed by atoms with Crippen LogP contribution in [0.15, 0.2) is 53.6 Å². The Labute approximate surface area is 216 Å². The highest BCUT2D eigenvalue weighted by molar-refractivity contribution is 7.89. The number of pyridine rings is 1. The molecule has 8 nitrogen and oxygen atoms in total. The number of sulfonamides is 1. The van der Waals surface area contributed by atoms with Gasteiger partial charge in [0.15, 0.2) is 0 Å². The highest BCUT2D eigenvalue weighted by atomic mass is 32.2. The van der Waals surface area contributed by atoms with E-state index in [2.05, 4.69) is 4.98 Å². The molecule has 3 fully saturated rings. The molecule has 1 aromatic heterocycles. The molecular weight excluding hydrogens is 502 g/mol. The van der Waals surface area contributed by atoms with Crippen LogP contribution in [0.1, 0.15) is 47.8 Å². The van der Waals surface area contributed by atoms with E-state index in [1.54, 1.807) is 34.2 Å². The molecule has 1 atom stereocenters. The average molecular weight is 535 g/mol. The zero-order valence-electron chi connectivity index (χ0n) is 20.6. The quantitative estimate of drug-likeness (QED) is 0.566. The van der Waals surface area contributed by atoms with Gasteiger partial charge in [-0.1, -0.05) is 6.07 Å². The average Bonchev–Trinajstić information content (AvgIpc) is 3.45. The van der Waals surface area contributed by atoms with Crippen molar-refractivity contribution in [3.05, 3.63) is 59.9 Å². The topological polar surface area (TPSA) is 83.1 Å². The Kier molecular flexibility index (Phi) is 7.58. The van der Waals surface area contributed by atoms with Crippen LogP contribution in [0.4, 0.5) is 8.78 Å². The minimum atomic E-state index is -3.54. The molecule has 37 heavy (non-hydrogen) atoms. The maximum absolute atomic E-state index is 13.3. The Morgan fingerprint density at radius 3 is 2.38 bits per heavy atom. The number of aromatic nitrogens is 1. The molecule has 0 aliphatic carbocycles. The summed E-state index contributed by atoms with van der Waals surface area (Å²) in [4.78, 5) is 21.2. The van der Waals surface area contributed by atoms with Gasteiger partial charge in [0.05, 0.1) is 22.7 Å². The number of hydrogen-bond acceptors (Lipinski definition) is 6. The molecule has 200 valence electrons. The number of morpholine rings is 1. The molecule has 1 spiro atoms. The van der Waals surface area contributed by atoms with Crippen molar-refractivity contribution in [2.45, 2.75) is 48.7 Å². The van der Waals surface area contributed by atoms with Crippen LogP contribution in [0.3, 0.4) is 0 Å². The van der Waals surface area contributed by atoms with E-state index in [9.17, 15) is 22.0 Å². The molecule has 1 aromatic carbocycles. The second-order valence-electron chi connectivity index (χ2n) is 10.1. The third-order valence-electron chi connectivity index (χ3n) is 7.51. The predicted octanol–water partition coefficient (Wildman–Crippen LogP) is 3.18. The van der Waals surface area contributed by atoms with E-state index in [-0.39, 0.29) is 17.3 Å². The van der Waals surface area contributed by atoms with E-state index in [0.717, 1.165) is 12.8 Å². The number of hydrogen-bond donors (Lipinski definition) is 0. The summed E-state index contributed by atoms with van der Waals surface area (Å²) in [5.41, 5.74) is 0.495. The second-order valence-corrected chi connectivity index (χ2v) is 12.0. The fourth-order valence-corrected chi connectivity index (χ4v) is 7.08. The number of nitrogens with zero attached hydrogens (tertiary/aromatic N) is 4. The molecule has 5 rings (SSSR count). The molecule has 4 heterocycles. The van der Waals surface area contributed by atoms with E-state index < -0.39 is 28.2 Å². The molecule has 1 amide bonds. The molecule has 1 unspecified atom stereocenters. The van der Waals surface area contributed by atoms with E-state index in [1.807, 2.05) is 12.1 Å². The largest absolute Gasteiger partial charge is 0.363 e. The molecule has 0 N–H and O–H groups in total. The van der Waals surface area contributed by atoms with Crippen LogP contribution in [0.5, 0.6) is 0 Å². The van der Waals surface area contributed by atoms with Crippen LogP contribution < -0.4 is 0 Å². The summed E-state index contributed by atoms with van der Waals surface area (Å²) >= 11 is 0. The first-order valence-corrected chi connectivity index (χ1v) is 14.2. The third kappa shape index (κ3) is 5.69. The van der Waals surface area contributed by atoms with Gasteiger partial charge in [-0.25, -0.2) is 17.2 Å². The zero-order valence-corrected chi connectivity index (χ0v) is 21.5. The van der Waals surface area contributed by atoms with Gasteiger partial charge in [-0.3, -0.25) is 14.7 Å². The van der Waals surface area contributed by atoms with Gasteiger partial charge in [-0.05, 0) is 62.1 Å². The van der Waals surface area contributed by atoms with Gasteiger partial charge in [0, 0.05) is 51.0 Å². The van der Waals surface area contributed by atoms with E-state index in [1.165, 1.54) is 16.4 Å². The van der Waals surface area contributed by atoms with Gasteiger partial charge in [-0.15, -0.1) is 0 Å². The normalized spacial score (nSPS) is 23.1. The van der Waals surface area contributed by atoms with E-state index in [0.29, 0.717) is 63.4 Å². The van der Waals surface area contributed by atoms with Crippen molar-refractivity contribution in [3.63, 3.8) is 0 Å². The molecule has 3 aliphatic heterocycles. The van der Waals surface area contributed by atoms with Gasteiger partial charge in [0.1, 0.15) is 6.10 Å². The summed E-state index contributed by atoms with van der Waals surface area (Å²) in [5, 5.41) is 0. The van der Waals surface area contributed by atoms with Crippen molar-refractivity contribution in [1.82, 2.24) is 19.1 Å². The number of rotatable bonds is 6. The molecule has 0 saturated carbocycles. The SMILES string of the molecule is O=C(c1ccc(S(=O)(=O)N2CCCC2)cc1)N1CCC2(CC1)CN(CC(F)F)CC(c1ccccn1)O2. The van der Waals surface area contributed by atoms with E-state index >= 15 is 0 Å². The number of amides is 1. The predicted molar refractivity (Wildman–Crippen MR) is 133 cm³/mol. The van der Waals surface area contributed by atoms with Crippen molar-refractivity contribution < 1.29 is 26.7 Å². The first-order chi connectivity index (χ1) is 17.8. The number of benzene rings is 1. The fourth-order valence-electron chi connectivity index (χ4n) is 5.56. The monoisotopic (exact) mass is 534 g/mol. The summed E-state index contributed by atoms with van der Waals surface area (Å²) < 4.78 is 60.0. The lowest BCUT2D eigenvalue weighted by molar-refractivity contribution is -0.181. The molecule has 11 heteroatoms. The van der Waals surface area contributed by atoms with Crippen LogP contribution in [0, 0.1) is 0 Å². The summed E-state index contributed by atoms with van der Waals surface area (Å²) in [6, 6.07) is 11.6. The number of carbonyl (C=O) groups is 1. The summed E-state index contributed by atoms with van der Waals surface area (Å²) in [6.45, 7) is 2.29. The third-order valence-corrected chi connectivity index (χ3v) is 9.42. The molecule has 0 radical (unpaired) electrons. The lowest BCUT2D eigenvalue weighted by Gasteiger charge is -2.49. The second kappa shape index (κ2) is 10.7. The summed E-state index contributed by atoms with van der Waals surface area (Å²) in [5.74, 6) is -0.179. The Balaban J connectivity index is 1.25. The standard InChI is InChI=1S/C26H32F2N4O4S/c27-24(28)18-30-17-23(22-5-1-2-12-29-22)36-26(19-30)10-15-31(16-11-26)25(33)20-6-8-21(9-7-20)37(34,35)32-13-3-4-14-32/h1-2,5-9,12,23-24H,3-4,10-11,13-19H2. The number of halogens is 2. The van der Waals surface area contributed by atoms with Gasteiger partial charge in [-0.2, -0.15) is 4.31 Å². The minimum Gasteiger partial charge on any atom is -0.363 e. The van der Waals surface area contributed by atoms with Crippen LogP contribution in [0.2, 0.25) is 0 Å². The molecule has 3 saturated heterocycles. The first kappa shape index (κ1) is 26.1. The summed E-state index contributed by atoms with van der Waals surface area (Å²) in [6.07, 6.45) is 1.56. The Bertz CT molecular complexity index is 1180. The smallest absolute Gasteiger partial charge is 0.253 e. The first-order valence-electron chi connectivity index (χ1n) is 12.7. The maximum atomic E-state index is 13.3. The lowest BCUT2D eigenvalue weighted by atomic mass is 9.88. The number of alkyl halides is 2. The van der Waals surface area contributed by atoms with Crippen molar-refractivity contribution in [2.24, 2.45) is 0 Å². The Hall–Kier alpha value is -2.47. The maximum Gasteiger partial charge on any atom is 0.253 e. The Morgan fingerprint density at radius 1 is 1.05 bits per heavy atom. The lowest BCUT2D eigenvalue weighted by Crippen LogP contribution is -2.58. The number of carbonyl (C=O) groups excluding carboxylic acids is 1. The van der Waals surface area contributed by atoms with Crippen molar-refractivity contribution in [2.75, 3.05) is 45.8 Å². The summed E-state index contributed by atoms with van der Waals surface area (Å²) in [7, 11) is -3.54. The van der Waals surface area contributed by atoms with Crippen molar-refractivity contribution >= 4 is 15.9 Å². The molecule has 2 aromatic rings. The van der Waals surface area contributed by atoms with Crippen LogP contribution in [0.25, 0.3) is 0 Å². The van der Waals surface area contributed by atoms with Gasteiger partial charge in [0.2, 0.25) is 10.0 Å². The Morgan fingerprint density at radius 2 is 1.76 bits per heavy atom. The van der Waals surface area contributed by atoms with Gasteiger partial charge < -0.3 is 9.64 Å². The van der Waals surface area contributed by atoms with E-state index in [4.69, 9.17) is 4.74 Å². The molecule has 3 aliphatic rings. The number of piperidine rings is 1. The van der Waals surface area contributed by atoms with Crippen LogP contribution in [-0.2, 0) is 14.8 Å². The van der Waals surface area contributed by atoms with Crippen LogP contribution in [-0.4, -0.2) is 91.3 Å². The van der Waals surface area contributed by atoms with Crippen LogP contribution >= 0.6 is 0 Å². The van der Waals surface area contributed by atoms with Gasteiger partial charge >= 0.3 is 0 Å². The molecule has 0 bridgehead atoms. The number of likely N-dealkylation sites (tertiary alicyclic amines) is 1. The fraction of sp³-hybridized carbons (Fsp3) is 0.538. The molecular formula is C26H32F2N4O4S. The highest BCUT2D eigenvalue weighted by Crippen LogP contribution is 2.38. The zero-order chi connectivity index (χ0) is 26.0. The van der Waals surface area contributed by atoms with Gasteiger partial charge in [0.25, 0.3) is 12.3 Å². The van der Waals surface area contributed by atoms with Crippen molar-refractivity contribution in [1.29, 1.82) is 0 Å². The highest BCUT2D eigenvalue weighted by Gasteiger charge is 2.45. The number of ether oxygens (including phenoxy) is 1. The van der Waals surface area contributed by atoms with Crippen molar-refractivity contribution in [3.8, 4) is 0 Å².